The molecule has 0 heterocycles. The number of carbonyl (C=O) groups is 2. The number of hydrogen-bond acceptors (Lipinski definition) is 5. The molecule has 3 aromatic carbocycles. The Morgan fingerprint density at radius 2 is 1.57 bits per heavy atom. The van der Waals surface area contributed by atoms with Gasteiger partial charge >= 0.3 is 0 Å². The second-order valence-electron chi connectivity index (χ2n) is 7.26. The number of rotatable bonds is 10. The van der Waals surface area contributed by atoms with Crippen LogP contribution in [0.5, 0.6) is 11.5 Å². The van der Waals surface area contributed by atoms with Crippen molar-refractivity contribution in [2.75, 3.05) is 23.8 Å². The largest absolute Gasteiger partial charge is 0.492 e. The number of benzene rings is 3. The van der Waals surface area contributed by atoms with Crippen molar-refractivity contribution in [2.45, 2.75) is 12.8 Å². The zero-order valence-corrected chi connectivity index (χ0v) is 20.9. The van der Waals surface area contributed by atoms with Gasteiger partial charge in [-0.1, -0.05) is 47.5 Å². The van der Waals surface area contributed by atoms with E-state index in [1.165, 1.54) is 0 Å². The third-order valence-corrected chi connectivity index (χ3v) is 5.20. The summed E-state index contributed by atoms with van der Waals surface area (Å²) in [6, 6.07) is 21.0. The average Bonchev–Trinajstić information content (AvgIpc) is 2.82. The summed E-state index contributed by atoms with van der Waals surface area (Å²) >= 11 is 17.1. The van der Waals surface area contributed by atoms with Crippen LogP contribution in [0.2, 0.25) is 10.0 Å². The van der Waals surface area contributed by atoms with Gasteiger partial charge in [-0.3, -0.25) is 9.59 Å². The Morgan fingerprint density at radius 3 is 2.31 bits per heavy atom. The molecular weight excluding hydrogens is 509 g/mol. The molecule has 0 bridgehead atoms. The van der Waals surface area contributed by atoms with Gasteiger partial charge in [0.1, 0.15) is 11.5 Å². The number of anilines is 2. The number of hydrogen-bond donors (Lipinski definition) is 3. The molecule has 0 aliphatic rings. The fourth-order valence-corrected chi connectivity index (χ4v) is 3.59. The zero-order chi connectivity index (χ0) is 25.0. The first-order valence-corrected chi connectivity index (χ1v) is 11.8. The molecule has 0 fully saturated rings. The van der Waals surface area contributed by atoms with Crippen molar-refractivity contribution in [3.8, 4) is 11.5 Å². The zero-order valence-electron chi connectivity index (χ0n) is 18.6. The maximum atomic E-state index is 12.2. The predicted molar refractivity (Wildman–Crippen MR) is 143 cm³/mol. The van der Waals surface area contributed by atoms with E-state index in [4.69, 9.17) is 44.9 Å². The maximum Gasteiger partial charge on any atom is 0.262 e. The van der Waals surface area contributed by atoms with Crippen LogP contribution in [0, 0.1) is 0 Å². The summed E-state index contributed by atoms with van der Waals surface area (Å²) in [4.78, 5) is 24.3. The summed E-state index contributed by atoms with van der Waals surface area (Å²) < 4.78 is 11.0. The lowest BCUT2D eigenvalue weighted by molar-refractivity contribution is -0.120. The number of ether oxygens (including phenoxy) is 2. The Labute approximate surface area is 218 Å². The Kier molecular flexibility index (Phi) is 10.2. The molecule has 0 spiro atoms. The van der Waals surface area contributed by atoms with Crippen molar-refractivity contribution >= 4 is 63.7 Å². The summed E-state index contributed by atoms with van der Waals surface area (Å²) in [5, 5.41) is 9.38. The van der Waals surface area contributed by atoms with Crippen LogP contribution in [-0.4, -0.2) is 30.1 Å². The first kappa shape index (κ1) is 26.3. The summed E-state index contributed by atoms with van der Waals surface area (Å²) in [5.41, 5.74) is 1.17. The topological polar surface area (TPSA) is 88.7 Å². The van der Waals surface area contributed by atoms with Crippen LogP contribution in [0.1, 0.15) is 12.8 Å². The molecule has 0 atom stereocenters. The van der Waals surface area contributed by atoms with Gasteiger partial charge in [-0.25, -0.2) is 0 Å². The minimum absolute atomic E-state index is 0.121. The smallest absolute Gasteiger partial charge is 0.262 e. The molecule has 0 radical (unpaired) electrons. The summed E-state index contributed by atoms with van der Waals surface area (Å²) in [6.45, 7) is 0.189. The van der Waals surface area contributed by atoms with E-state index in [2.05, 4.69) is 16.0 Å². The lowest BCUT2D eigenvalue weighted by Gasteiger charge is -2.12. The molecule has 3 aromatic rings. The highest BCUT2D eigenvalue weighted by Crippen LogP contribution is 2.27. The molecule has 0 aliphatic carbocycles. The van der Waals surface area contributed by atoms with Crippen LogP contribution in [0.25, 0.3) is 0 Å². The van der Waals surface area contributed by atoms with Crippen LogP contribution in [0.15, 0.2) is 72.8 Å². The molecule has 2 amide bonds. The van der Waals surface area contributed by atoms with E-state index in [0.717, 1.165) is 0 Å². The quantitative estimate of drug-likeness (QED) is 0.230. The van der Waals surface area contributed by atoms with Crippen molar-refractivity contribution < 1.29 is 19.1 Å². The SMILES string of the molecule is O=C(CCCOc1ccc(Cl)cc1Cl)NC(=S)Nc1cccc(NC(=O)COc2ccccc2)c1. The minimum atomic E-state index is -0.302. The van der Waals surface area contributed by atoms with E-state index in [9.17, 15) is 9.59 Å². The molecule has 182 valence electrons. The monoisotopic (exact) mass is 531 g/mol. The third-order valence-electron chi connectivity index (χ3n) is 4.47. The Hall–Kier alpha value is -3.33. The second-order valence-corrected chi connectivity index (χ2v) is 8.51. The lowest BCUT2D eigenvalue weighted by atomic mass is 10.2. The van der Waals surface area contributed by atoms with Crippen LogP contribution >= 0.6 is 35.4 Å². The molecule has 0 saturated heterocycles. The van der Waals surface area contributed by atoms with E-state index in [-0.39, 0.29) is 30.0 Å². The molecule has 3 rings (SSSR count). The third kappa shape index (κ3) is 9.44. The standard InChI is InChI=1S/C25H23Cl2N3O4S/c26-17-11-12-22(21(27)14-17)33-13-5-10-23(31)30-25(35)29-19-7-4-6-18(15-19)28-24(32)16-34-20-8-2-1-3-9-20/h1-4,6-9,11-12,14-15H,5,10,13,16H2,(H,28,32)(H2,29,30,31,35). The predicted octanol–water partition coefficient (Wildman–Crippen LogP) is 5.68. The minimum Gasteiger partial charge on any atom is -0.492 e. The highest BCUT2D eigenvalue weighted by atomic mass is 35.5. The fraction of sp³-hybridized carbons (Fsp3) is 0.160. The van der Waals surface area contributed by atoms with Crippen LogP contribution in [-0.2, 0) is 9.59 Å². The van der Waals surface area contributed by atoms with Crippen LogP contribution in [0.4, 0.5) is 11.4 Å². The highest BCUT2D eigenvalue weighted by Gasteiger charge is 2.08. The molecule has 0 aliphatic heterocycles. The number of amides is 2. The van der Waals surface area contributed by atoms with Gasteiger partial charge in [-0.05, 0) is 67.2 Å². The van der Waals surface area contributed by atoms with Gasteiger partial charge in [-0.15, -0.1) is 0 Å². The van der Waals surface area contributed by atoms with E-state index in [1.54, 1.807) is 54.6 Å². The van der Waals surface area contributed by atoms with Gasteiger partial charge in [0, 0.05) is 22.8 Å². The maximum absolute atomic E-state index is 12.2. The van der Waals surface area contributed by atoms with Crippen LogP contribution < -0.4 is 25.4 Å². The Balaban J connectivity index is 1.37. The number of nitrogens with one attached hydrogen (secondary N) is 3. The van der Waals surface area contributed by atoms with Gasteiger partial charge in [0.2, 0.25) is 5.91 Å². The van der Waals surface area contributed by atoms with Crippen molar-refractivity contribution in [1.82, 2.24) is 5.32 Å². The number of halogens is 2. The summed E-state index contributed by atoms with van der Waals surface area (Å²) in [5.74, 6) is 0.562. The molecule has 3 N–H and O–H groups in total. The van der Waals surface area contributed by atoms with Gasteiger partial charge < -0.3 is 25.4 Å². The first-order valence-electron chi connectivity index (χ1n) is 10.7. The molecule has 0 aromatic heterocycles. The van der Waals surface area contributed by atoms with Crippen molar-refractivity contribution in [3.63, 3.8) is 0 Å². The van der Waals surface area contributed by atoms with Crippen molar-refractivity contribution in [3.05, 3.63) is 82.8 Å². The summed E-state index contributed by atoms with van der Waals surface area (Å²) in [6.07, 6.45) is 0.685. The first-order chi connectivity index (χ1) is 16.9. The average molecular weight is 532 g/mol. The van der Waals surface area contributed by atoms with Gasteiger partial charge in [0.15, 0.2) is 11.7 Å². The molecule has 10 heteroatoms. The molecule has 0 unspecified atom stereocenters. The second kappa shape index (κ2) is 13.5. The number of thiocarbonyl (C=S) groups is 1. The van der Waals surface area contributed by atoms with Crippen molar-refractivity contribution in [2.24, 2.45) is 0 Å². The van der Waals surface area contributed by atoms with Crippen LogP contribution in [0.3, 0.4) is 0 Å². The van der Waals surface area contributed by atoms with Gasteiger partial charge in [0.05, 0.1) is 11.6 Å². The lowest BCUT2D eigenvalue weighted by Crippen LogP contribution is -2.34. The molecular formula is C25H23Cl2N3O4S. The summed E-state index contributed by atoms with van der Waals surface area (Å²) in [7, 11) is 0. The Morgan fingerprint density at radius 1 is 0.829 bits per heavy atom. The van der Waals surface area contributed by atoms with E-state index < -0.39 is 0 Å². The normalized spacial score (nSPS) is 10.2. The van der Waals surface area contributed by atoms with Gasteiger partial charge in [0.25, 0.3) is 5.91 Å². The van der Waals surface area contributed by atoms with Gasteiger partial charge in [-0.2, -0.15) is 0 Å². The molecule has 7 nitrogen and oxygen atoms in total. The number of para-hydroxylation sites is 1. The fourth-order valence-electron chi connectivity index (χ4n) is 2.90. The highest BCUT2D eigenvalue weighted by molar-refractivity contribution is 7.80. The van der Waals surface area contributed by atoms with Crippen molar-refractivity contribution in [1.29, 1.82) is 0 Å². The van der Waals surface area contributed by atoms with E-state index in [1.807, 2.05) is 18.2 Å². The molecule has 0 saturated carbocycles. The van der Waals surface area contributed by atoms with E-state index in [0.29, 0.717) is 45.9 Å². The Bertz CT molecular complexity index is 1180. The van der Waals surface area contributed by atoms with E-state index >= 15 is 0 Å². The molecule has 35 heavy (non-hydrogen) atoms. The number of carbonyl (C=O) groups excluding carboxylic acids is 2.